The first-order valence-corrected chi connectivity index (χ1v) is 10.2. The molecule has 2 atom stereocenters. The lowest BCUT2D eigenvalue weighted by Crippen LogP contribution is -2.52. The van der Waals surface area contributed by atoms with Crippen molar-refractivity contribution in [1.82, 2.24) is 14.9 Å². The van der Waals surface area contributed by atoms with E-state index in [4.69, 9.17) is 0 Å². The van der Waals surface area contributed by atoms with E-state index in [0.717, 1.165) is 31.9 Å². The van der Waals surface area contributed by atoms with E-state index < -0.39 is 15.8 Å². The van der Waals surface area contributed by atoms with E-state index in [1.54, 1.807) is 4.90 Å². The van der Waals surface area contributed by atoms with Crippen molar-refractivity contribution in [1.29, 1.82) is 0 Å². The van der Waals surface area contributed by atoms with Gasteiger partial charge in [-0.05, 0) is 50.4 Å². The molecule has 8 heteroatoms. The Bertz CT molecular complexity index is 720. The number of halogens is 1. The Hall–Kier alpha value is -1.51. The minimum atomic E-state index is -3.80. The quantitative estimate of drug-likeness (QED) is 0.833. The molecule has 6 nitrogen and oxygen atoms in total. The molecular formula is C17H24FN3O3S. The summed E-state index contributed by atoms with van der Waals surface area (Å²) in [7, 11) is -3.80. The highest BCUT2D eigenvalue weighted by Gasteiger charge is 2.31. The van der Waals surface area contributed by atoms with Crippen LogP contribution < -0.4 is 10.0 Å². The van der Waals surface area contributed by atoms with Crippen LogP contribution >= 0.6 is 0 Å². The van der Waals surface area contributed by atoms with Crippen molar-refractivity contribution in [2.75, 3.05) is 26.2 Å². The average molecular weight is 369 g/mol. The second kappa shape index (κ2) is 7.80. The molecular weight excluding hydrogens is 345 g/mol. The van der Waals surface area contributed by atoms with Gasteiger partial charge in [-0.15, -0.1) is 0 Å². The van der Waals surface area contributed by atoms with Gasteiger partial charge in [0.05, 0.1) is 10.8 Å². The van der Waals surface area contributed by atoms with Gasteiger partial charge in [0.15, 0.2) is 0 Å². The van der Waals surface area contributed by atoms with Gasteiger partial charge in [-0.2, -0.15) is 0 Å². The lowest BCUT2D eigenvalue weighted by atomic mass is 9.96. The topological polar surface area (TPSA) is 78.5 Å². The van der Waals surface area contributed by atoms with E-state index in [1.165, 1.54) is 18.2 Å². The van der Waals surface area contributed by atoms with Crippen LogP contribution in [0.2, 0.25) is 0 Å². The molecule has 0 aromatic heterocycles. The lowest BCUT2D eigenvalue weighted by Gasteiger charge is -2.36. The van der Waals surface area contributed by atoms with Crippen LogP contribution in [0.5, 0.6) is 0 Å². The van der Waals surface area contributed by atoms with Crippen molar-refractivity contribution in [2.45, 2.75) is 36.6 Å². The van der Waals surface area contributed by atoms with E-state index in [2.05, 4.69) is 10.0 Å². The SMILES string of the molecule is O=C(C1CCCNC1)N1CCCC(NS(=O)(=O)c2cccc(F)c2)C1. The number of hydrogen-bond donors (Lipinski definition) is 2. The molecule has 2 aliphatic heterocycles. The first kappa shape index (κ1) is 18.3. The summed E-state index contributed by atoms with van der Waals surface area (Å²) in [6, 6.07) is 4.60. The van der Waals surface area contributed by atoms with Gasteiger partial charge in [0.1, 0.15) is 5.82 Å². The third-order valence-corrected chi connectivity index (χ3v) is 6.33. The fraction of sp³-hybridized carbons (Fsp3) is 0.588. The van der Waals surface area contributed by atoms with E-state index in [-0.39, 0.29) is 22.8 Å². The van der Waals surface area contributed by atoms with Crippen molar-refractivity contribution >= 4 is 15.9 Å². The standard InChI is InChI=1S/C17H24FN3O3S/c18-14-5-1-7-16(10-14)25(23,24)20-15-6-3-9-21(12-15)17(22)13-4-2-8-19-11-13/h1,5,7,10,13,15,19-20H,2-4,6,8-9,11-12H2. The molecule has 2 fully saturated rings. The molecule has 0 aliphatic carbocycles. The molecule has 1 amide bonds. The minimum Gasteiger partial charge on any atom is -0.341 e. The van der Waals surface area contributed by atoms with Crippen LogP contribution in [0, 0.1) is 11.7 Å². The molecule has 2 heterocycles. The van der Waals surface area contributed by atoms with E-state index in [9.17, 15) is 17.6 Å². The van der Waals surface area contributed by atoms with Crippen molar-refractivity contribution < 1.29 is 17.6 Å². The Morgan fingerprint density at radius 2 is 2.12 bits per heavy atom. The van der Waals surface area contributed by atoms with Crippen LogP contribution in [0.15, 0.2) is 29.2 Å². The molecule has 0 radical (unpaired) electrons. The molecule has 1 aromatic carbocycles. The summed E-state index contributed by atoms with van der Waals surface area (Å²) in [5.74, 6) is -0.512. The fourth-order valence-corrected chi connectivity index (χ4v) is 4.81. The highest BCUT2D eigenvalue weighted by atomic mass is 32.2. The predicted molar refractivity (Wildman–Crippen MR) is 91.9 cm³/mol. The van der Waals surface area contributed by atoms with Gasteiger partial charge in [0.25, 0.3) is 0 Å². The van der Waals surface area contributed by atoms with Crippen molar-refractivity contribution in [2.24, 2.45) is 5.92 Å². The molecule has 25 heavy (non-hydrogen) atoms. The van der Waals surface area contributed by atoms with Crippen molar-refractivity contribution in [3.63, 3.8) is 0 Å². The summed E-state index contributed by atoms with van der Waals surface area (Å²) in [6.45, 7) is 2.66. The van der Waals surface area contributed by atoms with Crippen molar-refractivity contribution in [3.05, 3.63) is 30.1 Å². The van der Waals surface area contributed by atoms with Gasteiger partial charge < -0.3 is 10.2 Å². The number of nitrogens with zero attached hydrogens (tertiary/aromatic N) is 1. The number of rotatable bonds is 4. The molecule has 2 unspecified atom stereocenters. The molecule has 2 N–H and O–H groups in total. The Morgan fingerprint density at radius 1 is 1.28 bits per heavy atom. The van der Waals surface area contributed by atoms with Gasteiger partial charge in [0.2, 0.25) is 15.9 Å². The van der Waals surface area contributed by atoms with Gasteiger partial charge in [-0.3, -0.25) is 4.79 Å². The zero-order valence-corrected chi connectivity index (χ0v) is 14.9. The third kappa shape index (κ3) is 4.56. The fourth-order valence-electron chi connectivity index (χ4n) is 3.52. The Morgan fingerprint density at radius 3 is 2.84 bits per heavy atom. The highest BCUT2D eigenvalue weighted by molar-refractivity contribution is 7.89. The number of sulfonamides is 1. The maximum atomic E-state index is 13.3. The molecule has 0 spiro atoms. The first-order chi connectivity index (χ1) is 12.0. The third-order valence-electron chi connectivity index (χ3n) is 4.81. The predicted octanol–water partition coefficient (Wildman–Crippen LogP) is 1.09. The molecule has 2 aliphatic rings. The number of carbonyl (C=O) groups is 1. The molecule has 2 saturated heterocycles. The van der Waals surface area contributed by atoms with Gasteiger partial charge in [-0.25, -0.2) is 17.5 Å². The number of piperidine rings is 2. The Balaban J connectivity index is 1.64. The summed E-state index contributed by atoms with van der Waals surface area (Å²) in [5.41, 5.74) is 0. The second-order valence-corrected chi connectivity index (χ2v) is 8.46. The van der Waals surface area contributed by atoms with E-state index in [1.807, 2.05) is 0 Å². The van der Waals surface area contributed by atoms with Crippen LogP contribution in [-0.4, -0.2) is 51.4 Å². The summed E-state index contributed by atoms with van der Waals surface area (Å²) >= 11 is 0. The van der Waals surface area contributed by atoms with Gasteiger partial charge in [-0.1, -0.05) is 6.07 Å². The van der Waals surface area contributed by atoms with Crippen LogP contribution in [0.1, 0.15) is 25.7 Å². The van der Waals surface area contributed by atoms with Gasteiger partial charge >= 0.3 is 0 Å². The largest absolute Gasteiger partial charge is 0.341 e. The summed E-state index contributed by atoms with van der Waals surface area (Å²) in [5, 5.41) is 3.24. The average Bonchev–Trinajstić information content (AvgIpc) is 2.62. The smallest absolute Gasteiger partial charge is 0.240 e. The maximum absolute atomic E-state index is 13.3. The van der Waals surface area contributed by atoms with Crippen LogP contribution in [-0.2, 0) is 14.8 Å². The minimum absolute atomic E-state index is 0.0210. The number of benzene rings is 1. The Labute approximate surface area is 147 Å². The zero-order valence-electron chi connectivity index (χ0n) is 14.1. The zero-order chi connectivity index (χ0) is 17.9. The molecule has 0 saturated carbocycles. The highest BCUT2D eigenvalue weighted by Crippen LogP contribution is 2.19. The molecule has 3 rings (SSSR count). The number of hydrogen-bond acceptors (Lipinski definition) is 4. The molecule has 1 aromatic rings. The van der Waals surface area contributed by atoms with Crippen molar-refractivity contribution in [3.8, 4) is 0 Å². The first-order valence-electron chi connectivity index (χ1n) is 8.73. The molecule has 0 bridgehead atoms. The summed E-state index contributed by atoms with van der Waals surface area (Å²) in [4.78, 5) is 14.3. The summed E-state index contributed by atoms with van der Waals surface area (Å²) < 4.78 is 40.8. The normalized spacial score (nSPS) is 24.9. The Kier molecular flexibility index (Phi) is 5.71. The van der Waals surface area contributed by atoms with Crippen LogP contribution in [0.3, 0.4) is 0 Å². The van der Waals surface area contributed by atoms with E-state index >= 15 is 0 Å². The number of carbonyl (C=O) groups excluding carboxylic acids is 1. The lowest BCUT2D eigenvalue weighted by molar-refractivity contribution is -0.137. The van der Waals surface area contributed by atoms with Gasteiger partial charge in [0, 0.05) is 25.7 Å². The summed E-state index contributed by atoms with van der Waals surface area (Å²) in [6.07, 6.45) is 3.28. The number of likely N-dealkylation sites (tertiary alicyclic amines) is 1. The second-order valence-electron chi connectivity index (χ2n) is 6.75. The monoisotopic (exact) mass is 369 g/mol. The van der Waals surface area contributed by atoms with Crippen LogP contribution in [0.25, 0.3) is 0 Å². The maximum Gasteiger partial charge on any atom is 0.240 e. The van der Waals surface area contributed by atoms with Crippen LogP contribution in [0.4, 0.5) is 4.39 Å². The number of nitrogens with one attached hydrogen (secondary N) is 2. The number of amides is 1. The van der Waals surface area contributed by atoms with E-state index in [0.29, 0.717) is 26.1 Å². The molecule has 138 valence electrons.